The maximum absolute atomic E-state index is 10.4. The van der Waals surface area contributed by atoms with Crippen molar-refractivity contribution in [3.05, 3.63) is 57.8 Å². The van der Waals surface area contributed by atoms with Gasteiger partial charge < -0.3 is 16.4 Å². The van der Waals surface area contributed by atoms with Crippen molar-refractivity contribution in [2.75, 3.05) is 0 Å². The minimum absolute atomic E-state index is 0. The number of rotatable bonds is 10. The fourth-order valence-corrected chi connectivity index (χ4v) is 5.55. The van der Waals surface area contributed by atoms with Crippen LogP contribution in [0.4, 0.5) is 0 Å². The van der Waals surface area contributed by atoms with Crippen LogP contribution in [0.1, 0.15) is 86.3 Å². The summed E-state index contributed by atoms with van der Waals surface area (Å²) in [5.74, 6) is 1.13. The summed E-state index contributed by atoms with van der Waals surface area (Å²) in [6.45, 7) is 2.20. The van der Waals surface area contributed by atoms with Gasteiger partial charge in [0.25, 0.3) is 0 Å². The van der Waals surface area contributed by atoms with Gasteiger partial charge in [0, 0.05) is 38.1 Å². The van der Waals surface area contributed by atoms with Crippen molar-refractivity contribution in [2.45, 2.75) is 82.1 Å². The Morgan fingerprint density at radius 2 is 1.93 bits per heavy atom. The van der Waals surface area contributed by atoms with E-state index in [2.05, 4.69) is 42.6 Å². The van der Waals surface area contributed by atoms with E-state index in [9.17, 15) is 5.11 Å². The average Bonchev–Trinajstić information content (AvgIpc) is 3.32. The standard InChI is InChI=1S/C24H32ClOS.Y/c1-2-3-4-10-24(26)19-13-11-18(12-14-19)21-15-16-23(25)22(21)9-5-7-20-8-6-17-27-20;/h6,8,11-14,21-24,26H,2-5,7,9-10,15-16H2,1H3;/q-1;. The Balaban J connectivity index is 0.00000280. The van der Waals surface area contributed by atoms with Crippen molar-refractivity contribution in [1.29, 1.82) is 0 Å². The molecule has 1 nitrogen and oxygen atoms in total. The van der Waals surface area contributed by atoms with Crippen LogP contribution in [-0.4, -0.2) is 10.5 Å². The van der Waals surface area contributed by atoms with Gasteiger partial charge in [0.05, 0.1) is 6.10 Å². The summed E-state index contributed by atoms with van der Waals surface area (Å²) in [5, 5.41) is 13.9. The normalized spacial score (nSPS) is 22.8. The molecule has 1 heterocycles. The Hall–Kier alpha value is 0.274. The van der Waals surface area contributed by atoms with Gasteiger partial charge in [-0.2, -0.15) is 6.07 Å². The van der Waals surface area contributed by atoms with Gasteiger partial charge in [0.2, 0.25) is 0 Å². The van der Waals surface area contributed by atoms with Crippen LogP contribution in [0, 0.1) is 11.3 Å². The molecule has 1 aliphatic rings. The summed E-state index contributed by atoms with van der Waals surface area (Å²) in [7, 11) is 0. The molecule has 2 aromatic rings. The molecule has 0 aliphatic heterocycles. The molecular weight excluding hydrogens is 461 g/mol. The van der Waals surface area contributed by atoms with E-state index in [1.807, 2.05) is 6.07 Å². The Morgan fingerprint density at radius 1 is 1.14 bits per heavy atom. The Labute approximate surface area is 205 Å². The molecule has 4 unspecified atom stereocenters. The number of aryl methyl sites for hydroxylation is 1. The van der Waals surface area contributed by atoms with Crippen molar-refractivity contribution in [2.24, 2.45) is 5.92 Å². The Bertz CT molecular complexity index is 658. The van der Waals surface area contributed by atoms with E-state index < -0.39 is 0 Å². The molecule has 0 amide bonds. The first-order valence-corrected chi connectivity index (χ1v) is 11.8. The van der Waals surface area contributed by atoms with Gasteiger partial charge in [-0.25, -0.2) is 6.07 Å². The topological polar surface area (TPSA) is 20.2 Å². The average molecular weight is 493 g/mol. The van der Waals surface area contributed by atoms with E-state index in [4.69, 9.17) is 11.6 Å². The van der Waals surface area contributed by atoms with Crippen LogP contribution in [0.3, 0.4) is 0 Å². The zero-order chi connectivity index (χ0) is 19.1. The number of thiophene rings is 1. The molecule has 4 atom stereocenters. The van der Waals surface area contributed by atoms with Gasteiger partial charge in [-0.1, -0.05) is 63.3 Å². The molecule has 1 N–H and O–H groups in total. The molecule has 1 aromatic carbocycles. The van der Waals surface area contributed by atoms with Gasteiger partial charge in [-0.05, 0) is 48.6 Å². The number of hydrogen-bond acceptors (Lipinski definition) is 2. The van der Waals surface area contributed by atoms with Gasteiger partial charge in [-0.15, -0.1) is 21.9 Å². The first-order chi connectivity index (χ1) is 13.2. The van der Waals surface area contributed by atoms with Gasteiger partial charge in [0.15, 0.2) is 0 Å². The molecule has 3 rings (SSSR count). The van der Waals surface area contributed by atoms with Crippen LogP contribution in [0.15, 0.2) is 36.4 Å². The maximum Gasteiger partial charge on any atom is 0.0790 e. The van der Waals surface area contributed by atoms with Crippen molar-refractivity contribution in [3.8, 4) is 0 Å². The monoisotopic (exact) mass is 492 g/mol. The smallest absolute Gasteiger partial charge is 0.0790 e. The number of unbranched alkanes of at least 4 members (excludes halogenated alkanes) is 2. The van der Waals surface area contributed by atoms with Crippen LogP contribution in [0.25, 0.3) is 0 Å². The minimum atomic E-state index is -0.326. The van der Waals surface area contributed by atoms with E-state index in [0.717, 1.165) is 31.2 Å². The third kappa shape index (κ3) is 6.91. The van der Waals surface area contributed by atoms with Crippen LogP contribution in [-0.2, 0) is 39.1 Å². The van der Waals surface area contributed by atoms with Gasteiger partial charge in [0.1, 0.15) is 0 Å². The second-order valence-electron chi connectivity index (χ2n) is 7.95. The summed E-state index contributed by atoms with van der Waals surface area (Å²) in [6, 6.07) is 12.9. The molecule has 0 spiro atoms. The molecule has 0 bridgehead atoms. The predicted molar refractivity (Wildman–Crippen MR) is 117 cm³/mol. The van der Waals surface area contributed by atoms with Crippen LogP contribution < -0.4 is 0 Å². The molecule has 0 saturated heterocycles. The first kappa shape index (κ1) is 24.5. The van der Waals surface area contributed by atoms with E-state index in [1.165, 1.54) is 42.5 Å². The van der Waals surface area contributed by atoms with Crippen LogP contribution in [0.5, 0.6) is 0 Å². The molecule has 1 fully saturated rings. The van der Waals surface area contributed by atoms with Crippen LogP contribution in [0.2, 0.25) is 0 Å². The SMILES string of the molecule is CCCCCC(O)c1ccc(C2CCC(Cl)C2CCCc2cc[c-]s2)cc1.[Y]. The number of hydrogen-bond donors (Lipinski definition) is 1. The summed E-state index contributed by atoms with van der Waals surface area (Å²) >= 11 is 8.43. The Morgan fingerprint density at radius 3 is 2.61 bits per heavy atom. The molecule has 1 saturated carbocycles. The number of benzene rings is 1. The number of alkyl halides is 1. The Kier molecular flexibility index (Phi) is 11.3. The van der Waals surface area contributed by atoms with Crippen molar-refractivity contribution in [3.63, 3.8) is 0 Å². The quantitative estimate of drug-likeness (QED) is 0.210. The first-order valence-electron chi connectivity index (χ1n) is 10.6. The molecule has 1 radical (unpaired) electrons. The molecule has 1 aromatic heterocycles. The molecule has 1 aliphatic carbocycles. The van der Waals surface area contributed by atoms with Gasteiger partial charge in [-0.3, -0.25) is 0 Å². The fraction of sp³-hybridized carbons (Fsp3) is 0.583. The maximum atomic E-state index is 10.4. The molecule has 151 valence electrons. The third-order valence-corrected chi connectivity index (χ3v) is 7.45. The van der Waals surface area contributed by atoms with E-state index in [1.54, 1.807) is 11.3 Å². The second kappa shape index (κ2) is 12.9. The zero-order valence-electron chi connectivity index (χ0n) is 16.9. The summed E-state index contributed by atoms with van der Waals surface area (Å²) in [4.78, 5) is 1.43. The molecule has 28 heavy (non-hydrogen) atoms. The fourth-order valence-electron chi connectivity index (χ4n) is 4.45. The van der Waals surface area contributed by atoms with Crippen molar-refractivity contribution < 1.29 is 37.8 Å². The van der Waals surface area contributed by atoms with E-state index in [0.29, 0.717) is 17.2 Å². The molecule has 4 heteroatoms. The summed E-state index contributed by atoms with van der Waals surface area (Å²) in [5.41, 5.74) is 2.46. The molecular formula is C24H32ClOSY-. The van der Waals surface area contributed by atoms with Crippen LogP contribution >= 0.6 is 22.9 Å². The second-order valence-corrected chi connectivity index (χ2v) is 9.48. The summed E-state index contributed by atoms with van der Waals surface area (Å²) in [6.07, 6.45) is 9.86. The summed E-state index contributed by atoms with van der Waals surface area (Å²) < 4.78 is 0. The number of aliphatic hydroxyl groups is 1. The van der Waals surface area contributed by atoms with Crippen molar-refractivity contribution >= 4 is 22.9 Å². The van der Waals surface area contributed by atoms with Crippen molar-refractivity contribution in [1.82, 2.24) is 0 Å². The largest absolute Gasteiger partial charge is 0.388 e. The zero-order valence-corrected chi connectivity index (χ0v) is 21.4. The number of halogens is 1. The predicted octanol–water partition coefficient (Wildman–Crippen LogP) is 7.28. The van der Waals surface area contributed by atoms with E-state index >= 15 is 0 Å². The third-order valence-electron chi connectivity index (χ3n) is 6.05. The number of aliphatic hydroxyl groups excluding tert-OH is 1. The van der Waals surface area contributed by atoms with Gasteiger partial charge >= 0.3 is 0 Å². The van der Waals surface area contributed by atoms with E-state index in [-0.39, 0.29) is 38.8 Å². The minimum Gasteiger partial charge on any atom is -0.388 e.